The van der Waals surface area contributed by atoms with Gasteiger partial charge in [-0.1, -0.05) is 18.2 Å². The molecule has 1 N–H and O–H groups in total. The van der Waals surface area contributed by atoms with Crippen LogP contribution in [-0.2, 0) is 0 Å². The van der Waals surface area contributed by atoms with Crippen molar-refractivity contribution in [1.29, 1.82) is 0 Å². The van der Waals surface area contributed by atoms with E-state index >= 15 is 0 Å². The van der Waals surface area contributed by atoms with Crippen molar-refractivity contribution in [2.45, 2.75) is 18.9 Å². The molecule has 0 radical (unpaired) electrons. The Labute approximate surface area is 94.3 Å². The third-order valence-electron chi connectivity index (χ3n) is 3.04. The first-order valence-electron chi connectivity index (χ1n) is 5.63. The van der Waals surface area contributed by atoms with Crippen molar-refractivity contribution in [3.63, 3.8) is 0 Å². The van der Waals surface area contributed by atoms with Gasteiger partial charge < -0.3 is 5.11 Å². The number of aliphatic hydroxyl groups is 1. The van der Waals surface area contributed by atoms with Crippen LogP contribution in [0.4, 0.5) is 0 Å². The molecule has 0 amide bonds. The largest absolute Gasteiger partial charge is 0.387 e. The summed E-state index contributed by atoms with van der Waals surface area (Å²) in [4.78, 5) is 0. The summed E-state index contributed by atoms with van der Waals surface area (Å²) in [6.45, 7) is 0. The first-order chi connectivity index (χ1) is 7.86. The van der Waals surface area contributed by atoms with E-state index in [1.54, 1.807) is 6.20 Å². The Bertz CT molecular complexity index is 474. The fourth-order valence-corrected chi connectivity index (χ4v) is 1.98. The zero-order valence-electron chi connectivity index (χ0n) is 8.95. The number of benzene rings is 1. The fourth-order valence-electron chi connectivity index (χ4n) is 1.98. The maximum Gasteiger partial charge on any atom is 0.0989 e. The average Bonchev–Trinajstić information content (AvgIpc) is 3.06. The number of para-hydroxylation sites is 1. The van der Waals surface area contributed by atoms with Crippen molar-refractivity contribution in [3.8, 4) is 5.69 Å². The predicted octanol–water partition coefficient (Wildman–Crippen LogP) is 2.32. The van der Waals surface area contributed by atoms with E-state index in [0.29, 0.717) is 5.92 Å². The lowest BCUT2D eigenvalue weighted by atomic mass is 10.1. The topological polar surface area (TPSA) is 38.1 Å². The van der Waals surface area contributed by atoms with Gasteiger partial charge in [0.25, 0.3) is 0 Å². The summed E-state index contributed by atoms with van der Waals surface area (Å²) in [6, 6.07) is 11.8. The van der Waals surface area contributed by atoms with Gasteiger partial charge >= 0.3 is 0 Å². The molecule has 82 valence electrons. The molecular weight excluding hydrogens is 200 g/mol. The molecule has 0 spiro atoms. The zero-order chi connectivity index (χ0) is 11.0. The minimum Gasteiger partial charge on any atom is -0.387 e. The molecule has 1 unspecified atom stereocenters. The zero-order valence-corrected chi connectivity index (χ0v) is 8.95. The van der Waals surface area contributed by atoms with Crippen LogP contribution in [0.1, 0.15) is 24.6 Å². The minimum atomic E-state index is -0.372. The number of hydrogen-bond acceptors (Lipinski definition) is 2. The van der Waals surface area contributed by atoms with Gasteiger partial charge in [-0.15, -0.1) is 0 Å². The predicted molar refractivity (Wildman–Crippen MR) is 61.2 cm³/mol. The second kappa shape index (κ2) is 3.76. The van der Waals surface area contributed by atoms with E-state index in [-0.39, 0.29) is 6.10 Å². The number of nitrogens with zero attached hydrogens (tertiary/aromatic N) is 2. The SMILES string of the molecule is OC(c1ccnn1-c1ccccc1)C1CC1. The molecule has 2 aromatic rings. The molecular formula is C13H14N2O. The van der Waals surface area contributed by atoms with Gasteiger partial charge in [0.2, 0.25) is 0 Å². The molecule has 1 aromatic heterocycles. The van der Waals surface area contributed by atoms with E-state index in [0.717, 1.165) is 24.2 Å². The van der Waals surface area contributed by atoms with Crippen LogP contribution in [-0.4, -0.2) is 14.9 Å². The van der Waals surface area contributed by atoms with E-state index in [4.69, 9.17) is 0 Å². The van der Waals surface area contributed by atoms with Gasteiger partial charge in [0.1, 0.15) is 0 Å². The quantitative estimate of drug-likeness (QED) is 0.851. The first-order valence-corrected chi connectivity index (χ1v) is 5.63. The summed E-state index contributed by atoms with van der Waals surface area (Å²) >= 11 is 0. The minimum absolute atomic E-state index is 0.372. The summed E-state index contributed by atoms with van der Waals surface area (Å²) in [5, 5.41) is 14.4. The maximum atomic E-state index is 10.1. The van der Waals surface area contributed by atoms with Gasteiger partial charge in [-0.3, -0.25) is 0 Å². The van der Waals surface area contributed by atoms with E-state index in [1.165, 1.54) is 0 Å². The Kier molecular flexibility index (Phi) is 2.26. The third kappa shape index (κ3) is 1.63. The van der Waals surface area contributed by atoms with Crippen LogP contribution in [0.5, 0.6) is 0 Å². The lowest BCUT2D eigenvalue weighted by Gasteiger charge is -2.12. The van der Waals surface area contributed by atoms with Crippen LogP contribution in [0.25, 0.3) is 5.69 Å². The molecule has 1 aliphatic rings. The molecule has 1 aromatic carbocycles. The lowest BCUT2D eigenvalue weighted by Crippen LogP contribution is -2.08. The van der Waals surface area contributed by atoms with Gasteiger partial charge in [0, 0.05) is 6.20 Å². The Hall–Kier alpha value is -1.61. The second-order valence-electron chi connectivity index (χ2n) is 4.29. The van der Waals surface area contributed by atoms with Gasteiger partial charge in [-0.25, -0.2) is 4.68 Å². The third-order valence-corrected chi connectivity index (χ3v) is 3.04. The summed E-state index contributed by atoms with van der Waals surface area (Å²) in [7, 11) is 0. The van der Waals surface area contributed by atoms with Crippen LogP contribution in [0.2, 0.25) is 0 Å². The van der Waals surface area contributed by atoms with Gasteiger partial charge in [0.15, 0.2) is 0 Å². The average molecular weight is 214 g/mol. The van der Waals surface area contributed by atoms with Crippen molar-refractivity contribution < 1.29 is 5.11 Å². The summed E-state index contributed by atoms with van der Waals surface area (Å²) in [5.41, 5.74) is 1.90. The molecule has 3 heteroatoms. The summed E-state index contributed by atoms with van der Waals surface area (Å²) in [5.74, 6) is 0.430. The van der Waals surface area contributed by atoms with E-state index in [9.17, 15) is 5.11 Å². The van der Waals surface area contributed by atoms with Crippen LogP contribution in [0.3, 0.4) is 0 Å². The van der Waals surface area contributed by atoms with Gasteiger partial charge in [-0.05, 0) is 37.0 Å². The highest BCUT2D eigenvalue weighted by Gasteiger charge is 2.32. The highest BCUT2D eigenvalue weighted by atomic mass is 16.3. The van der Waals surface area contributed by atoms with Crippen molar-refractivity contribution in [1.82, 2.24) is 9.78 Å². The Balaban J connectivity index is 1.99. The number of rotatable bonds is 3. The molecule has 1 saturated carbocycles. The molecule has 0 saturated heterocycles. The number of aromatic nitrogens is 2. The molecule has 16 heavy (non-hydrogen) atoms. The molecule has 3 rings (SSSR count). The van der Waals surface area contributed by atoms with Crippen LogP contribution < -0.4 is 0 Å². The highest BCUT2D eigenvalue weighted by Crippen LogP contribution is 2.41. The molecule has 1 heterocycles. The maximum absolute atomic E-state index is 10.1. The number of hydrogen-bond donors (Lipinski definition) is 1. The molecule has 0 aliphatic heterocycles. The van der Waals surface area contributed by atoms with Crippen molar-refractivity contribution >= 4 is 0 Å². The highest BCUT2D eigenvalue weighted by molar-refractivity contribution is 5.33. The van der Waals surface area contributed by atoms with Crippen molar-refractivity contribution in [2.24, 2.45) is 5.92 Å². The standard InChI is InChI=1S/C13H14N2O/c16-13(10-6-7-10)12-8-9-14-15(12)11-4-2-1-3-5-11/h1-5,8-10,13,16H,6-7H2. The molecule has 1 atom stereocenters. The van der Waals surface area contributed by atoms with Crippen LogP contribution in [0.15, 0.2) is 42.6 Å². The Morgan fingerprint density at radius 1 is 1.19 bits per heavy atom. The lowest BCUT2D eigenvalue weighted by molar-refractivity contribution is 0.146. The summed E-state index contributed by atoms with van der Waals surface area (Å²) < 4.78 is 1.82. The smallest absolute Gasteiger partial charge is 0.0989 e. The van der Waals surface area contributed by atoms with Crippen molar-refractivity contribution in [3.05, 3.63) is 48.3 Å². The Morgan fingerprint density at radius 2 is 1.94 bits per heavy atom. The second-order valence-corrected chi connectivity index (χ2v) is 4.29. The fraction of sp³-hybridized carbons (Fsp3) is 0.308. The Morgan fingerprint density at radius 3 is 2.62 bits per heavy atom. The molecule has 3 nitrogen and oxygen atoms in total. The molecule has 1 aliphatic carbocycles. The van der Waals surface area contributed by atoms with Gasteiger partial charge in [0.05, 0.1) is 17.5 Å². The molecule has 1 fully saturated rings. The first kappa shape index (κ1) is 9.60. The van der Waals surface area contributed by atoms with E-state index < -0.39 is 0 Å². The normalized spacial score (nSPS) is 17.3. The van der Waals surface area contributed by atoms with Crippen LogP contribution >= 0.6 is 0 Å². The van der Waals surface area contributed by atoms with E-state index in [1.807, 2.05) is 41.1 Å². The van der Waals surface area contributed by atoms with Gasteiger partial charge in [-0.2, -0.15) is 5.10 Å². The number of aliphatic hydroxyl groups excluding tert-OH is 1. The van der Waals surface area contributed by atoms with E-state index in [2.05, 4.69) is 5.10 Å². The molecule has 0 bridgehead atoms. The van der Waals surface area contributed by atoms with Crippen LogP contribution in [0, 0.1) is 5.92 Å². The summed E-state index contributed by atoms with van der Waals surface area (Å²) in [6.07, 6.45) is 3.62. The van der Waals surface area contributed by atoms with Crippen molar-refractivity contribution in [2.75, 3.05) is 0 Å². The monoisotopic (exact) mass is 214 g/mol.